The lowest BCUT2D eigenvalue weighted by Gasteiger charge is -2.19. The van der Waals surface area contributed by atoms with Crippen LogP contribution in [-0.4, -0.2) is 4.57 Å². The van der Waals surface area contributed by atoms with E-state index in [9.17, 15) is 0 Å². The molecule has 3 N–H and O–H groups in total. The molecule has 0 radical (unpaired) electrons. The minimum Gasteiger partial charge on any atom is -0.263 e. The van der Waals surface area contributed by atoms with Crippen molar-refractivity contribution in [2.24, 2.45) is 0 Å². The van der Waals surface area contributed by atoms with Crippen LogP contribution < -0.4 is 21.3 Å². The molecule has 1 aromatic heterocycles. The van der Waals surface area contributed by atoms with Crippen LogP contribution in [-0.2, 0) is 0 Å². The summed E-state index contributed by atoms with van der Waals surface area (Å²) in [6.45, 7) is 0. The number of rotatable bonds is 2. The highest BCUT2D eigenvalue weighted by Crippen LogP contribution is 2.33. The summed E-state index contributed by atoms with van der Waals surface area (Å²) in [7, 11) is 0. The lowest BCUT2D eigenvalue weighted by Crippen LogP contribution is -2.94. The van der Waals surface area contributed by atoms with Crippen molar-refractivity contribution in [3.8, 4) is 0 Å². The Morgan fingerprint density at radius 2 is 1.14 bits per heavy atom. The van der Waals surface area contributed by atoms with E-state index >= 15 is 0 Å². The van der Waals surface area contributed by atoms with E-state index < -0.39 is 0 Å². The zero-order valence-corrected chi connectivity index (χ0v) is 20.1. The SMILES string of the molecule is c1ccc2c(c1)=C(c1cccc3ccccc13)N[NH2+]C=2n1c2ccccc2c2cc3ccccc3cc21. The molecule has 1 aliphatic heterocycles. The van der Waals surface area contributed by atoms with Gasteiger partial charge in [-0.15, -0.1) is 0 Å². The molecular weight excluding hydrogens is 450 g/mol. The molecule has 3 heteroatoms. The lowest BCUT2D eigenvalue weighted by atomic mass is 10.00. The van der Waals surface area contributed by atoms with Crippen LogP contribution in [0, 0.1) is 0 Å². The third kappa shape index (κ3) is 2.98. The molecule has 7 aromatic rings. The van der Waals surface area contributed by atoms with Crippen molar-refractivity contribution in [1.29, 1.82) is 0 Å². The molecule has 3 nitrogen and oxygen atoms in total. The summed E-state index contributed by atoms with van der Waals surface area (Å²) in [5.41, 5.74) is 10.7. The Hall–Kier alpha value is -4.86. The predicted molar refractivity (Wildman–Crippen MR) is 153 cm³/mol. The van der Waals surface area contributed by atoms with Gasteiger partial charge in [0.05, 0.1) is 16.3 Å². The number of benzene rings is 6. The van der Waals surface area contributed by atoms with Crippen LogP contribution in [0.2, 0.25) is 0 Å². The smallest absolute Gasteiger partial charge is 0.242 e. The average Bonchev–Trinajstić information content (AvgIpc) is 3.28. The standard InChI is InChI=1S/C34H23N3/c1-2-12-24-21-32-30(20-23(24)11-1)26-15-7-8-19-31(26)37(32)34-29-17-6-5-16-28(29)33(35-36-34)27-18-9-13-22-10-3-4-14-25(22)27/h1-21,35-36H/p+1. The van der Waals surface area contributed by atoms with E-state index in [-0.39, 0.29) is 0 Å². The first-order valence-corrected chi connectivity index (χ1v) is 12.7. The molecular formula is C34H24N3+. The summed E-state index contributed by atoms with van der Waals surface area (Å²) in [5, 5.41) is 9.99. The second-order valence-electron chi connectivity index (χ2n) is 9.69. The van der Waals surface area contributed by atoms with Crippen molar-refractivity contribution in [2.75, 3.05) is 0 Å². The Balaban J connectivity index is 1.52. The van der Waals surface area contributed by atoms with E-state index in [1.54, 1.807) is 0 Å². The van der Waals surface area contributed by atoms with Crippen LogP contribution in [0.3, 0.4) is 0 Å². The zero-order valence-electron chi connectivity index (χ0n) is 20.1. The fraction of sp³-hybridized carbons (Fsp3) is 0. The first-order valence-electron chi connectivity index (χ1n) is 12.7. The molecule has 174 valence electrons. The Labute approximate surface area is 213 Å². The van der Waals surface area contributed by atoms with Gasteiger partial charge in [-0.05, 0) is 45.8 Å². The van der Waals surface area contributed by atoms with Crippen LogP contribution in [0.25, 0.3) is 54.9 Å². The Morgan fingerprint density at radius 1 is 0.486 bits per heavy atom. The molecule has 0 aliphatic carbocycles. The molecule has 6 aromatic carbocycles. The van der Waals surface area contributed by atoms with E-state index in [2.05, 4.69) is 143 Å². The minimum absolute atomic E-state index is 1.14. The van der Waals surface area contributed by atoms with Gasteiger partial charge in [0.2, 0.25) is 5.82 Å². The minimum atomic E-state index is 1.14. The molecule has 0 fully saturated rings. The molecule has 0 bridgehead atoms. The van der Waals surface area contributed by atoms with Gasteiger partial charge in [0.15, 0.2) is 0 Å². The molecule has 37 heavy (non-hydrogen) atoms. The van der Waals surface area contributed by atoms with Crippen LogP contribution >= 0.6 is 0 Å². The van der Waals surface area contributed by atoms with Crippen LogP contribution in [0.4, 0.5) is 0 Å². The number of quaternary nitrogens is 1. The van der Waals surface area contributed by atoms with Gasteiger partial charge in [-0.3, -0.25) is 4.57 Å². The van der Waals surface area contributed by atoms with Crippen molar-refractivity contribution in [3.05, 3.63) is 143 Å². The number of para-hydroxylation sites is 1. The summed E-state index contributed by atoms with van der Waals surface area (Å²) >= 11 is 0. The molecule has 0 saturated carbocycles. The zero-order chi connectivity index (χ0) is 24.3. The van der Waals surface area contributed by atoms with E-state index in [1.807, 2.05) is 0 Å². The van der Waals surface area contributed by atoms with Gasteiger partial charge < -0.3 is 0 Å². The summed E-state index contributed by atoms with van der Waals surface area (Å²) in [6, 6.07) is 45.9. The number of nitrogens with one attached hydrogen (secondary N) is 1. The van der Waals surface area contributed by atoms with E-state index in [0.717, 1.165) is 11.5 Å². The van der Waals surface area contributed by atoms with Crippen LogP contribution in [0.5, 0.6) is 0 Å². The Kier molecular flexibility index (Phi) is 4.30. The normalized spacial score (nSPS) is 13.4. The maximum Gasteiger partial charge on any atom is 0.242 e. The van der Waals surface area contributed by atoms with Gasteiger partial charge >= 0.3 is 0 Å². The first-order chi connectivity index (χ1) is 18.4. The molecule has 0 amide bonds. The van der Waals surface area contributed by atoms with Crippen molar-refractivity contribution in [2.45, 2.75) is 0 Å². The summed E-state index contributed by atoms with van der Waals surface area (Å²) in [4.78, 5) is 0. The van der Waals surface area contributed by atoms with Crippen molar-refractivity contribution >= 4 is 54.9 Å². The maximum absolute atomic E-state index is 3.72. The summed E-state index contributed by atoms with van der Waals surface area (Å²) < 4.78 is 2.42. The van der Waals surface area contributed by atoms with Gasteiger partial charge in [-0.25, -0.2) is 5.43 Å². The summed E-state index contributed by atoms with van der Waals surface area (Å²) in [6.07, 6.45) is 0. The quantitative estimate of drug-likeness (QED) is 0.342. The number of fused-ring (bicyclic) bond motifs is 6. The second-order valence-corrected chi connectivity index (χ2v) is 9.69. The van der Waals surface area contributed by atoms with Gasteiger partial charge in [0.1, 0.15) is 5.70 Å². The predicted octanol–water partition coefficient (Wildman–Crippen LogP) is 4.95. The molecule has 8 rings (SSSR count). The molecule has 0 unspecified atom stereocenters. The van der Waals surface area contributed by atoms with E-state index in [1.165, 1.54) is 59.4 Å². The third-order valence-corrected chi connectivity index (χ3v) is 7.67. The third-order valence-electron chi connectivity index (χ3n) is 7.67. The Bertz CT molecular complexity index is 2150. The monoisotopic (exact) mass is 474 g/mol. The average molecular weight is 475 g/mol. The van der Waals surface area contributed by atoms with E-state index in [0.29, 0.717) is 0 Å². The van der Waals surface area contributed by atoms with Crippen LogP contribution in [0.1, 0.15) is 5.56 Å². The Morgan fingerprint density at radius 3 is 2.00 bits per heavy atom. The topological polar surface area (TPSA) is 33.6 Å². The first kappa shape index (κ1) is 20.3. The van der Waals surface area contributed by atoms with Crippen LogP contribution in [0.15, 0.2) is 127 Å². The largest absolute Gasteiger partial charge is 0.263 e. The molecule has 1 aliphatic rings. The highest BCUT2D eigenvalue weighted by molar-refractivity contribution is 6.14. The highest BCUT2D eigenvalue weighted by atomic mass is 15.4. The maximum atomic E-state index is 3.72. The molecule has 0 saturated heterocycles. The van der Waals surface area contributed by atoms with Gasteiger partial charge in [-0.1, -0.05) is 103 Å². The van der Waals surface area contributed by atoms with Crippen molar-refractivity contribution < 1.29 is 5.43 Å². The lowest BCUT2D eigenvalue weighted by molar-refractivity contribution is -0.618. The number of aromatic nitrogens is 1. The van der Waals surface area contributed by atoms with Crippen molar-refractivity contribution in [1.82, 2.24) is 9.99 Å². The van der Waals surface area contributed by atoms with E-state index in [4.69, 9.17) is 0 Å². The molecule has 0 atom stereocenters. The number of nitrogens with two attached hydrogens (primary N) is 1. The van der Waals surface area contributed by atoms with Gasteiger partial charge in [0, 0.05) is 21.6 Å². The van der Waals surface area contributed by atoms with Crippen molar-refractivity contribution in [3.63, 3.8) is 0 Å². The fourth-order valence-corrected chi connectivity index (χ4v) is 5.99. The fourth-order valence-electron chi connectivity index (χ4n) is 5.99. The summed E-state index contributed by atoms with van der Waals surface area (Å²) in [5.74, 6) is 1.15. The number of hydrogen-bond donors (Lipinski definition) is 2. The van der Waals surface area contributed by atoms with Gasteiger partial charge in [-0.2, -0.15) is 5.43 Å². The number of nitrogens with zero attached hydrogens (tertiary/aromatic N) is 1. The molecule has 0 spiro atoms. The highest BCUT2D eigenvalue weighted by Gasteiger charge is 2.22. The second kappa shape index (κ2) is 7.82. The number of hydrogen-bond acceptors (Lipinski definition) is 1. The van der Waals surface area contributed by atoms with Gasteiger partial charge in [0.25, 0.3) is 0 Å². The molecule has 2 heterocycles.